The summed E-state index contributed by atoms with van der Waals surface area (Å²) >= 11 is 0. The molecule has 200 valence electrons. The summed E-state index contributed by atoms with van der Waals surface area (Å²) in [4.78, 5) is 21.7. The summed E-state index contributed by atoms with van der Waals surface area (Å²) in [5.74, 6) is 1.13. The highest BCUT2D eigenvalue weighted by Crippen LogP contribution is 2.40. The Balaban J connectivity index is 0.000000414. The van der Waals surface area contributed by atoms with Gasteiger partial charge in [-0.05, 0) is 81.1 Å². The molecule has 2 aromatic rings. The predicted octanol–water partition coefficient (Wildman–Crippen LogP) is 4.13. The van der Waals surface area contributed by atoms with Crippen molar-refractivity contribution < 1.29 is 34.0 Å². The van der Waals surface area contributed by atoms with Gasteiger partial charge >= 0.3 is 11.9 Å². The number of hydrogen-bond donors (Lipinski definition) is 3. The Morgan fingerprint density at radius 2 is 1.65 bits per heavy atom. The molecular weight excluding hydrogens is 476 g/mol. The van der Waals surface area contributed by atoms with Crippen LogP contribution in [-0.2, 0) is 9.59 Å². The van der Waals surface area contributed by atoms with Gasteiger partial charge in [-0.15, -0.1) is 0 Å². The Bertz CT molecular complexity index is 1090. The molecule has 2 atom stereocenters. The minimum atomic E-state index is -1.26. The van der Waals surface area contributed by atoms with E-state index in [1.807, 2.05) is 18.2 Å². The first kappa shape index (κ1) is 27.9. The van der Waals surface area contributed by atoms with Gasteiger partial charge < -0.3 is 35.1 Å². The van der Waals surface area contributed by atoms with Crippen LogP contribution < -0.4 is 19.9 Å². The van der Waals surface area contributed by atoms with E-state index in [4.69, 9.17) is 30.2 Å². The number of carboxylic acids is 2. The summed E-state index contributed by atoms with van der Waals surface area (Å²) in [7, 11) is 3.38. The van der Waals surface area contributed by atoms with Crippen LogP contribution in [-0.4, -0.2) is 67.0 Å². The van der Waals surface area contributed by atoms with Gasteiger partial charge in [0.25, 0.3) is 0 Å². The zero-order valence-corrected chi connectivity index (χ0v) is 21.6. The molecule has 0 bridgehead atoms. The number of carboxylic acid groups (broad SMARTS) is 2. The lowest BCUT2D eigenvalue weighted by Crippen LogP contribution is -2.43. The molecule has 2 aromatic carbocycles. The van der Waals surface area contributed by atoms with Gasteiger partial charge in [-0.25, -0.2) is 9.59 Å². The fourth-order valence-electron chi connectivity index (χ4n) is 5.08. The molecule has 2 heterocycles. The molecule has 1 fully saturated rings. The number of methoxy groups -OCH3 is 2. The maximum absolute atomic E-state index is 9.55. The first-order valence-electron chi connectivity index (χ1n) is 12.4. The van der Waals surface area contributed by atoms with Crippen LogP contribution in [0.4, 0.5) is 5.69 Å². The van der Waals surface area contributed by atoms with Crippen molar-refractivity contribution in [3.8, 4) is 17.2 Å². The second-order valence-electron chi connectivity index (χ2n) is 9.22. The number of aliphatic carboxylic acids is 2. The molecule has 0 saturated carbocycles. The number of carbonyl (C=O) groups is 2. The van der Waals surface area contributed by atoms with Crippen molar-refractivity contribution in [2.45, 2.75) is 44.1 Å². The van der Waals surface area contributed by atoms with Gasteiger partial charge in [-0.1, -0.05) is 6.07 Å². The smallest absolute Gasteiger partial charge is 0.328 e. The van der Waals surface area contributed by atoms with E-state index in [1.165, 1.54) is 11.1 Å². The number of nitrogen functional groups attached to an aromatic ring is 1. The summed E-state index contributed by atoms with van der Waals surface area (Å²) in [6.45, 7) is 5.36. The van der Waals surface area contributed by atoms with Gasteiger partial charge in [0.2, 0.25) is 0 Å². The summed E-state index contributed by atoms with van der Waals surface area (Å²) < 4.78 is 16.7. The number of hydrogen-bond acceptors (Lipinski definition) is 7. The normalized spacial score (nSPS) is 18.6. The van der Waals surface area contributed by atoms with Gasteiger partial charge in [0.05, 0.1) is 20.8 Å². The molecule has 9 heteroatoms. The number of nitrogens with two attached hydrogens (primary N) is 1. The summed E-state index contributed by atoms with van der Waals surface area (Å²) in [5, 5.41) is 15.6. The topological polar surface area (TPSA) is 132 Å². The number of piperidine rings is 1. The number of fused-ring (bicyclic) bond motifs is 1. The largest absolute Gasteiger partial charge is 0.493 e. The Hall–Kier alpha value is -3.72. The lowest BCUT2D eigenvalue weighted by molar-refractivity contribution is -0.134. The molecule has 37 heavy (non-hydrogen) atoms. The van der Waals surface area contributed by atoms with Crippen molar-refractivity contribution >= 4 is 17.6 Å². The van der Waals surface area contributed by atoms with Crippen LogP contribution >= 0.6 is 0 Å². The van der Waals surface area contributed by atoms with Crippen molar-refractivity contribution in [2.24, 2.45) is 0 Å². The van der Waals surface area contributed by atoms with Crippen LogP contribution in [0.15, 0.2) is 48.6 Å². The van der Waals surface area contributed by atoms with Crippen molar-refractivity contribution in [3.63, 3.8) is 0 Å². The van der Waals surface area contributed by atoms with E-state index in [2.05, 4.69) is 30.0 Å². The molecule has 0 amide bonds. The van der Waals surface area contributed by atoms with Crippen LogP contribution in [0.2, 0.25) is 0 Å². The quantitative estimate of drug-likeness (QED) is 0.370. The van der Waals surface area contributed by atoms with Gasteiger partial charge in [-0.3, -0.25) is 0 Å². The number of rotatable bonds is 7. The molecule has 0 spiro atoms. The minimum absolute atomic E-state index is 0.472. The van der Waals surface area contributed by atoms with Crippen LogP contribution in [0.1, 0.15) is 49.1 Å². The molecule has 2 unspecified atom stereocenters. The highest BCUT2D eigenvalue weighted by atomic mass is 16.5. The number of nitrogens with zero attached hydrogens (tertiary/aromatic N) is 1. The highest BCUT2D eigenvalue weighted by molar-refractivity contribution is 5.89. The summed E-state index contributed by atoms with van der Waals surface area (Å²) in [6.07, 6.45) is 4.48. The van der Waals surface area contributed by atoms with E-state index in [0.717, 1.165) is 61.9 Å². The molecule has 2 aliphatic rings. The van der Waals surface area contributed by atoms with Crippen LogP contribution in [0, 0.1) is 0 Å². The molecule has 1 saturated heterocycles. The van der Waals surface area contributed by atoms with Gasteiger partial charge in [0.15, 0.2) is 11.5 Å². The molecule has 4 rings (SSSR count). The predicted molar refractivity (Wildman–Crippen MR) is 141 cm³/mol. The third-order valence-corrected chi connectivity index (χ3v) is 7.06. The van der Waals surface area contributed by atoms with Crippen molar-refractivity contribution in [2.75, 3.05) is 39.6 Å². The van der Waals surface area contributed by atoms with E-state index in [9.17, 15) is 9.59 Å². The average Bonchev–Trinajstić information content (AvgIpc) is 2.91. The van der Waals surface area contributed by atoms with Crippen LogP contribution in [0.25, 0.3) is 0 Å². The second-order valence-corrected chi connectivity index (χ2v) is 9.22. The molecule has 4 N–H and O–H groups in total. The second kappa shape index (κ2) is 13.0. The molecule has 0 aliphatic carbocycles. The lowest BCUT2D eigenvalue weighted by atomic mass is 9.83. The van der Waals surface area contributed by atoms with E-state index in [0.29, 0.717) is 30.0 Å². The molecule has 0 aromatic heterocycles. The third-order valence-electron chi connectivity index (χ3n) is 7.06. The maximum atomic E-state index is 9.55. The van der Waals surface area contributed by atoms with Crippen LogP contribution in [0.5, 0.6) is 17.2 Å². The van der Waals surface area contributed by atoms with E-state index in [1.54, 1.807) is 14.2 Å². The third kappa shape index (κ3) is 7.39. The Morgan fingerprint density at radius 3 is 2.24 bits per heavy atom. The van der Waals surface area contributed by atoms with Crippen LogP contribution in [0.3, 0.4) is 0 Å². The Morgan fingerprint density at radius 1 is 1.00 bits per heavy atom. The zero-order chi connectivity index (χ0) is 26.9. The lowest BCUT2D eigenvalue weighted by Gasteiger charge is -2.41. The Labute approximate surface area is 217 Å². The van der Waals surface area contributed by atoms with Gasteiger partial charge in [0, 0.05) is 35.4 Å². The molecular formula is C28H36N2O7. The van der Waals surface area contributed by atoms with Gasteiger partial charge in [-0.2, -0.15) is 0 Å². The van der Waals surface area contributed by atoms with Gasteiger partial charge in [0.1, 0.15) is 5.75 Å². The standard InChI is InChI=1S/C24H32N2O3.C4H4O4/c1-16(20-10-13-29-22-7-5-19(25)15-21(20)22)26-11-8-17(9-12-26)18-4-6-23(27-2)24(14-18)28-3;5-3(6)1-2-4(7)8/h4-7,14-17,20H,8-13,25H2,1-3H3;1-2H,(H,5,6)(H,7,8). The number of likely N-dealkylation sites (tertiary alicyclic amines) is 1. The van der Waals surface area contributed by atoms with Crippen molar-refractivity contribution in [1.29, 1.82) is 0 Å². The summed E-state index contributed by atoms with van der Waals surface area (Å²) in [6, 6.07) is 12.9. The monoisotopic (exact) mass is 512 g/mol. The fraction of sp³-hybridized carbons (Fsp3) is 0.429. The SMILES string of the molecule is COc1ccc(C2CCN(C(C)C3CCOc4ccc(N)cc43)CC2)cc1OC.O=C(O)C=CC(=O)O. The number of benzene rings is 2. The molecule has 2 aliphatic heterocycles. The average molecular weight is 513 g/mol. The van der Waals surface area contributed by atoms with E-state index < -0.39 is 11.9 Å². The molecule has 9 nitrogen and oxygen atoms in total. The highest BCUT2D eigenvalue weighted by Gasteiger charge is 2.32. The first-order valence-corrected chi connectivity index (χ1v) is 12.4. The maximum Gasteiger partial charge on any atom is 0.328 e. The Kier molecular flexibility index (Phi) is 9.79. The molecule has 0 radical (unpaired) electrons. The zero-order valence-electron chi connectivity index (χ0n) is 21.6. The summed E-state index contributed by atoms with van der Waals surface area (Å²) in [5.41, 5.74) is 9.50. The number of ether oxygens (including phenoxy) is 3. The van der Waals surface area contributed by atoms with Crippen molar-refractivity contribution in [3.05, 3.63) is 59.7 Å². The van der Waals surface area contributed by atoms with E-state index in [-0.39, 0.29) is 0 Å². The van der Waals surface area contributed by atoms with Crippen molar-refractivity contribution in [1.82, 2.24) is 4.90 Å². The first-order chi connectivity index (χ1) is 17.7. The fourth-order valence-corrected chi connectivity index (χ4v) is 5.08. The van der Waals surface area contributed by atoms with E-state index >= 15 is 0 Å². The number of anilines is 1. The minimum Gasteiger partial charge on any atom is -0.493 e.